The SMILES string of the molecule is CNC(C)(C#N)CCN(C)CC1CCN(C)C1. The van der Waals surface area contributed by atoms with Gasteiger partial charge < -0.3 is 15.1 Å². The first-order chi connectivity index (χ1) is 7.99. The molecule has 0 aromatic carbocycles. The molecule has 0 aliphatic carbocycles. The Kier molecular flexibility index (Phi) is 5.38. The molecule has 1 aliphatic rings. The molecule has 1 aliphatic heterocycles. The van der Waals surface area contributed by atoms with Gasteiger partial charge in [-0.2, -0.15) is 5.26 Å². The van der Waals surface area contributed by atoms with Crippen molar-refractivity contribution >= 4 is 0 Å². The van der Waals surface area contributed by atoms with Crippen LogP contribution in [0.15, 0.2) is 0 Å². The zero-order valence-corrected chi connectivity index (χ0v) is 11.7. The van der Waals surface area contributed by atoms with Crippen LogP contribution in [0.4, 0.5) is 0 Å². The molecule has 1 heterocycles. The number of likely N-dealkylation sites (tertiary alicyclic amines) is 1. The Morgan fingerprint density at radius 1 is 1.59 bits per heavy atom. The Bertz CT molecular complexity index is 273. The smallest absolute Gasteiger partial charge is 0.104 e. The highest BCUT2D eigenvalue weighted by molar-refractivity contribution is 5.03. The molecule has 0 aromatic heterocycles. The molecule has 2 unspecified atom stereocenters. The minimum Gasteiger partial charge on any atom is -0.306 e. The van der Waals surface area contributed by atoms with Crippen molar-refractivity contribution in [3.8, 4) is 6.07 Å². The van der Waals surface area contributed by atoms with Crippen LogP contribution in [0.25, 0.3) is 0 Å². The van der Waals surface area contributed by atoms with Gasteiger partial charge in [-0.3, -0.25) is 0 Å². The summed E-state index contributed by atoms with van der Waals surface area (Å²) in [5.41, 5.74) is -0.388. The molecule has 1 saturated heterocycles. The van der Waals surface area contributed by atoms with Gasteiger partial charge in [0, 0.05) is 19.6 Å². The lowest BCUT2D eigenvalue weighted by atomic mass is 9.99. The third-order valence-corrected chi connectivity index (χ3v) is 3.85. The fourth-order valence-corrected chi connectivity index (χ4v) is 2.36. The van der Waals surface area contributed by atoms with Crippen molar-refractivity contribution < 1.29 is 0 Å². The van der Waals surface area contributed by atoms with Gasteiger partial charge in [0.15, 0.2) is 0 Å². The van der Waals surface area contributed by atoms with Gasteiger partial charge in [0.05, 0.1) is 6.07 Å². The fourth-order valence-electron chi connectivity index (χ4n) is 2.36. The Balaban J connectivity index is 2.26. The van der Waals surface area contributed by atoms with Crippen LogP contribution >= 0.6 is 0 Å². The maximum absolute atomic E-state index is 9.08. The van der Waals surface area contributed by atoms with Gasteiger partial charge in [-0.05, 0) is 53.4 Å². The molecule has 0 radical (unpaired) electrons. The highest BCUT2D eigenvalue weighted by Gasteiger charge is 2.24. The lowest BCUT2D eigenvalue weighted by Crippen LogP contribution is -2.41. The third kappa shape index (κ3) is 4.63. The normalized spacial score (nSPS) is 24.8. The minimum atomic E-state index is -0.388. The first-order valence-electron chi connectivity index (χ1n) is 6.46. The van der Waals surface area contributed by atoms with Crippen molar-refractivity contribution in [1.29, 1.82) is 5.26 Å². The summed E-state index contributed by atoms with van der Waals surface area (Å²) >= 11 is 0. The fraction of sp³-hybridized carbons (Fsp3) is 0.923. The molecule has 1 fully saturated rings. The van der Waals surface area contributed by atoms with Crippen LogP contribution in [-0.2, 0) is 0 Å². The van der Waals surface area contributed by atoms with Crippen molar-refractivity contribution in [3.63, 3.8) is 0 Å². The van der Waals surface area contributed by atoms with Crippen LogP contribution in [0.3, 0.4) is 0 Å². The average Bonchev–Trinajstić information content (AvgIpc) is 2.72. The van der Waals surface area contributed by atoms with E-state index in [1.807, 2.05) is 14.0 Å². The summed E-state index contributed by atoms with van der Waals surface area (Å²) in [4.78, 5) is 4.75. The van der Waals surface area contributed by atoms with Gasteiger partial charge in [-0.25, -0.2) is 0 Å². The van der Waals surface area contributed by atoms with E-state index in [-0.39, 0.29) is 5.54 Å². The monoisotopic (exact) mass is 238 g/mol. The highest BCUT2D eigenvalue weighted by Crippen LogP contribution is 2.16. The Labute approximate surface area is 106 Å². The lowest BCUT2D eigenvalue weighted by Gasteiger charge is -2.26. The van der Waals surface area contributed by atoms with Gasteiger partial charge in [-0.15, -0.1) is 0 Å². The number of hydrogen-bond acceptors (Lipinski definition) is 4. The van der Waals surface area contributed by atoms with E-state index in [9.17, 15) is 0 Å². The van der Waals surface area contributed by atoms with Crippen molar-refractivity contribution in [2.45, 2.75) is 25.3 Å². The summed E-state index contributed by atoms with van der Waals surface area (Å²) in [5, 5.41) is 12.2. The van der Waals surface area contributed by atoms with Gasteiger partial charge in [-0.1, -0.05) is 0 Å². The van der Waals surface area contributed by atoms with E-state index >= 15 is 0 Å². The van der Waals surface area contributed by atoms with Crippen LogP contribution in [0.2, 0.25) is 0 Å². The van der Waals surface area contributed by atoms with Crippen LogP contribution in [0.1, 0.15) is 19.8 Å². The van der Waals surface area contributed by atoms with Crippen LogP contribution in [-0.4, -0.2) is 62.7 Å². The standard InChI is InChI=1S/C13H26N4/c1-13(11-14,15-2)6-8-17(4)10-12-5-7-16(3)9-12/h12,15H,5-10H2,1-4H3. The van der Waals surface area contributed by atoms with Gasteiger partial charge >= 0.3 is 0 Å². The molecule has 4 nitrogen and oxygen atoms in total. The molecule has 1 N–H and O–H groups in total. The van der Waals surface area contributed by atoms with Gasteiger partial charge in [0.25, 0.3) is 0 Å². The second-order valence-electron chi connectivity index (χ2n) is 5.62. The van der Waals surface area contributed by atoms with Gasteiger partial charge in [0.2, 0.25) is 0 Å². The Morgan fingerprint density at radius 2 is 2.29 bits per heavy atom. The molecular formula is C13H26N4. The maximum atomic E-state index is 9.08. The number of rotatable bonds is 6. The van der Waals surface area contributed by atoms with E-state index in [1.54, 1.807) is 0 Å². The molecule has 4 heteroatoms. The molecule has 17 heavy (non-hydrogen) atoms. The highest BCUT2D eigenvalue weighted by atomic mass is 15.1. The van der Waals surface area contributed by atoms with E-state index in [0.29, 0.717) is 0 Å². The molecule has 2 atom stereocenters. The minimum absolute atomic E-state index is 0.388. The number of nitrogens with one attached hydrogen (secondary N) is 1. The predicted octanol–water partition coefficient (Wildman–Crippen LogP) is 0.762. The molecule has 0 bridgehead atoms. The summed E-state index contributed by atoms with van der Waals surface area (Å²) in [6, 6.07) is 2.34. The molecule has 0 amide bonds. The van der Waals surface area contributed by atoms with Crippen molar-refractivity contribution in [2.75, 3.05) is 47.3 Å². The molecule has 0 spiro atoms. The first kappa shape index (κ1) is 14.4. The average molecular weight is 238 g/mol. The zero-order chi connectivity index (χ0) is 12.9. The van der Waals surface area contributed by atoms with Crippen molar-refractivity contribution in [2.24, 2.45) is 5.92 Å². The van der Waals surface area contributed by atoms with E-state index in [1.165, 1.54) is 19.5 Å². The van der Waals surface area contributed by atoms with E-state index in [2.05, 4.69) is 35.3 Å². The van der Waals surface area contributed by atoms with Crippen LogP contribution in [0, 0.1) is 17.2 Å². The summed E-state index contributed by atoms with van der Waals surface area (Å²) in [7, 11) is 6.20. The lowest BCUT2D eigenvalue weighted by molar-refractivity contribution is 0.252. The second-order valence-corrected chi connectivity index (χ2v) is 5.62. The third-order valence-electron chi connectivity index (χ3n) is 3.85. The quantitative estimate of drug-likeness (QED) is 0.742. The molecule has 0 saturated carbocycles. The predicted molar refractivity (Wildman–Crippen MR) is 70.8 cm³/mol. The van der Waals surface area contributed by atoms with Crippen molar-refractivity contribution in [3.05, 3.63) is 0 Å². The molecule has 98 valence electrons. The van der Waals surface area contributed by atoms with Crippen LogP contribution < -0.4 is 5.32 Å². The summed E-state index contributed by atoms with van der Waals surface area (Å²) < 4.78 is 0. The first-order valence-corrected chi connectivity index (χ1v) is 6.46. The van der Waals surface area contributed by atoms with E-state index < -0.39 is 0 Å². The maximum Gasteiger partial charge on any atom is 0.104 e. The van der Waals surface area contributed by atoms with Gasteiger partial charge in [0.1, 0.15) is 5.54 Å². The number of nitriles is 1. The topological polar surface area (TPSA) is 42.3 Å². The molecule has 1 rings (SSSR count). The molecular weight excluding hydrogens is 212 g/mol. The Hall–Kier alpha value is -0.630. The summed E-state index contributed by atoms with van der Waals surface area (Å²) in [5.74, 6) is 0.799. The zero-order valence-electron chi connectivity index (χ0n) is 11.7. The van der Waals surface area contributed by atoms with Crippen LogP contribution in [0.5, 0.6) is 0 Å². The van der Waals surface area contributed by atoms with E-state index in [0.717, 1.165) is 25.4 Å². The molecule has 0 aromatic rings. The van der Waals surface area contributed by atoms with E-state index in [4.69, 9.17) is 5.26 Å². The number of hydrogen-bond donors (Lipinski definition) is 1. The second kappa shape index (κ2) is 6.34. The van der Waals surface area contributed by atoms with Crippen molar-refractivity contribution in [1.82, 2.24) is 15.1 Å². The number of nitrogens with zero attached hydrogens (tertiary/aromatic N) is 3. The summed E-state index contributed by atoms with van der Waals surface area (Å²) in [6.07, 6.45) is 2.18. The Morgan fingerprint density at radius 3 is 2.76 bits per heavy atom. The largest absolute Gasteiger partial charge is 0.306 e. The summed E-state index contributed by atoms with van der Waals surface area (Å²) in [6.45, 7) is 6.53.